The molecule has 0 aromatic rings. The quantitative estimate of drug-likeness (QED) is 0.612. The predicted molar refractivity (Wildman–Crippen MR) is 54.0 cm³/mol. The molecule has 82 valence electrons. The molecule has 4 heteroatoms. The third kappa shape index (κ3) is 6.46. The van der Waals surface area contributed by atoms with Gasteiger partial charge in [-0.25, -0.2) is 0 Å². The average Bonchev–Trinajstić information content (AvgIpc) is 2.16. The van der Waals surface area contributed by atoms with Crippen molar-refractivity contribution in [2.45, 2.75) is 39.5 Å². The standard InChI is InChI=1S/C10H19NO3/c1-3-9(12)11-7-5-4-6-8(2)10(13)14/h8H,3-7H2,1-2H3,(H,11,12)(H,13,14)/t8-/m0/s1. The Hall–Kier alpha value is -1.06. The summed E-state index contributed by atoms with van der Waals surface area (Å²) < 4.78 is 0. The fraction of sp³-hybridized carbons (Fsp3) is 0.800. The number of hydrogen-bond donors (Lipinski definition) is 2. The molecule has 0 aromatic heterocycles. The molecule has 0 radical (unpaired) electrons. The smallest absolute Gasteiger partial charge is 0.306 e. The number of carboxylic acids is 1. The second-order valence-electron chi connectivity index (χ2n) is 3.44. The lowest BCUT2D eigenvalue weighted by Gasteiger charge is -2.06. The van der Waals surface area contributed by atoms with Crippen LogP contribution in [0.4, 0.5) is 0 Å². The summed E-state index contributed by atoms with van der Waals surface area (Å²) in [4.78, 5) is 21.3. The summed E-state index contributed by atoms with van der Waals surface area (Å²) in [6.45, 7) is 4.16. The minimum atomic E-state index is -0.748. The van der Waals surface area contributed by atoms with E-state index in [0.29, 0.717) is 19.4 Å². The van der Waals surface area contributed by atoms with Crippen molar-refractivity contribution in [2.75, 3.05) is 6.54 Å². The molecule has 0 spiro atoms. The second-order valence-corrected chi connectivity index (χ2v) is 3.44. The SMILES string of the molecule is CCC(=O)NCCCC[C@H](C)C(=O)O. The van der Waals surface area contributed by atoms with E-state index in [2.05, 4.69) is 5.32 Å². The van der Waals surface area contributed by atoms with Crippen LogP contribution in [0.15, 0.2) is 0 Å². The molecular weight excluding hydrogens is 182 g/mol. The summed E-state index contributed by atoms with van der Waals surface area (Å²) in [7, 11) is 0. The number of amides is 1. The number of carbonyl (C=O) groups is 2. The van der Waals surface area contributed by atoms with Gasteiger partial charge in [0.15, 0.2) is 0 Å². The van der Waals surface area contributed by atoms with E-state index in [0.717, 1.165) is 12.8 Å². The van der Waals surface area contributed by atoms with E-state index in [1.165, 1.54) is 0 Å². The maximum atomic E-state index is 10.8. The Kier molecular flexibility index (Phi) is 6.80. The molecule has 0 fully saturated rings. The molecule has 2 N–H and O–H groups in total. The van der Waals surface area contributed by atoms with Crippen molar-refractivity contribution >= 4 is 11.9 Å². The van der Waals surface area contributed by atoms with Crippen molar-refractivity contribution in [3.05, 3.63) is 0 Å². The Morgan fingerprint density at radius 2 is 2.00 bits per heavy atom. The van der Waals surface area contributed by atoms with Crippen LogP contribution in [0, 0.1) is 5.92 Å². The van der Waals surface area contributed by atoms with Gasteiger partial charge in [-0.15, -0.1) is 0 Å². The first-order valence-electron chi connectivity index (χ1n) is 5.07. The molecule has 0 rings (SSSR count). The number of aliphatic carboxylic acids is 1. The van der Waals surface area contributed by atoms with Gasteiger partial charge in [0.25, 0.3) is 0 Å². The van der Waals surface area contributed by atoms with Crippen molar-refractivity contribution in [1.82, 2.24) is 5.32 Å². The predicted octanol–water partition coefficient (Wildman–Crippen LogP) is 1.40. The minimum Gasteiger partial charge on any atom is -0.481 e. The van der Waals surface area contributed by atoms with Crippen LogP contribution in [0.1, 0.15) is 39.5 Å². The second kappa shape index (κ2) is 7.35. The normalized spacial score (nSPS) is 12.1. The van der Waals surface area contributed by atoms with Crippen LogP contribution in [-0.2, 0) is 9.59 Å². The van der Waals surface area contributed by atoms with Crippen LogP contribution < -0.4 is 5.32 Å². The van der Waals surface area contributed by atoms with Crippen molar-refractivity contribution in [1.29, 1.82) is 0 Å². The molecule has 14 heavy (non-hydrogen) atoms. The lowest BCUT2D eigenvalue weighted by molar-refractivity contribution is -0.141. The number of nitrogens with one attached hydrogen (secondary N) is 1. The zero-order valence-corrected chi connectivity index (χ0v) is 8.88. The molecule has 1 amide bonds. The van der Waals surface area contributed by atoms with Gasteiger partial charge in [-0.3, -0.25) is 9.59 Å². The van der Waals surface area contributed by atoms with Gasteiger partial charge in [0.2, 0.25) is 5.91 Å². The molecule has 0 aromatic carbocycles. The van der Waals surface area contributed by atoms with Crippen LogP contribution in [0.3, 0.4) is 0 Å². The van der Waals surface area contributed by atoms with E-state index >= 15 is 0 Å². The van der Waals surface area contributed by atoms with Gasteiger partial charge >= 0.3 is 5.97 Å². The van der Waals surface area contributed by atoms with E-state index in [1.54, 1.807) is 6.92 Å². The van der Waals surface area contributed by atoms with Gasteiger partial charge in [-0.05, 0) is 12.8 Å². The molecular formula is C10H19NO3. The minimum absolute atomic E-state index is 0.0521. The summed E-state index contributed by atoms with van der Waals surface area (Å²) in [6.07, 6.45) is 2.88. The average molecular weight is 201 g/mol. The van der Waals surface area contributed by atoms with Crippen LogP contribution >= 0.6 is 0 Å². The lowest BCUT2D eigenvalue weighted by Crippen LogP contribution is -2.23. The monoisotopic (exact) mass is 201 g/mol. The Morgan fingerprint density at radius 1 is 1.36 bits per heavy atom. The molecule has 0 aliphatic rings. The van der Waals surface area contributed by atoms with Crippen molar-refractivity contribution < 1.29 is 14.7 Å². The van der Waals surface area contributed by atoms with Crippen LogP contribution in [0.25, 0.3) is 0 Å². The molecule has 0 saturated carbocycles. The van der Waals surface area contributed by atoms with E-state index in [9.17, 15) is 9.59 Å². The van der Waals surface area contributed by atoms with E-state index in [4.69, 9.17) is 5.11 Å². The van der Waals surface area contributed by atoms with Crippen LogP contribution in [-0.4, -0.2) is 23.5 Å². The molecule has 0 bridgehead atoms. The molecule has 0 unspecified atom stereocenters. The topological polar surface area (TPSA) is 66.4 Å². The molecule has 4 nitrogen and oxygen atoms in total. The Morgan fingerprint density at radius 3 is 2.50 bits per heavy atom. The molecule has 1 atom stereocenters. The van der Waals surface area contributed by atoms with Crippen LogP contribution in [0.2, 0.25) is 0 Å². The number of carbonyl (C=O) groups excluding carboxylic acids is 1. The Balaban J connectivity index is 3.30. The third-order valence-electron chi connectivity index (χ3n) is 2.13. The van der Waals surface area contributed by atoms with Gasteiger partial charge in [0.05, 0.1) is 5.92 Å². The van der Waals surface area contributed by atoms with E-state index in [-0.39, 0.29) is 11.8 Å². The first-order valence-corrected chi connectivity index (χ1v) is 5.07. The zero-order valence-electron chi connectivity index (χ0n) is 8.88. The van der Waals surface area contributed by atoms with Gasteiger partial charge in [0, 0.05) is 13.0 Å². The Bertz CT molecular complexity index is 192. The number of carboxylic acid groups (broad SMARTS) is 1. The summed E-state index contributed by atoms with van der Waals surface area (Å²) >= 11 is 0. The maximum absolute atomic E-state index is 10.8. The Labute approximate surface area is 84.7 Å². The van der Waals surface area contributed by atoms with Crippen LogP contribution in [0.5, 0.6) is 0 Å². The molecule has 0 aliphatic heterocycles. The largest absolute Gasteiger partial charge is 0.481 e. The molecule has 0 heterocycles. The summed E-state index contributed by atoms with van der Waals surface area (Å²) in [6, 6.07) is 0. The van der Waals surface area contributed by atoms with Crippen molar-refractivity contribution in [2.24, 2.45) is 5.92 Å². The first kappa shape index (κ1) is 12.9. The van der Waals surface area contributed by atoms with Gasteiger partial charge in [0.1, 0.15) is 0 Å². The molecule has 0 saturated heterocycles. The number of hydrogen-bond acceptors (Lipinski definition) is 2. The zero-order chi connectivity index (χ0) is 11.0. The lowest BCUT2D eigenvalue weighted by atomic mass is 10.0. The third-order valence-corrected chi connectivity index (χ3v) is 2.13. The summed E-state index contributed by atoms with van der Waals surface area (Å²) in [5.41, 5.74) is 0. The highest BCUT2D eigenvalue weighted by atomic mass is 16.4. The highest BCUT2D eigenvalue weighted by Gasteiger charge is 2.09. The van der Waals surface area contributed by atoms with Gasteiger partial charge < -0.3 is 10.4 Å². The summed E-state index contributed by atoms with van der Waals surface area (Å²) in [5.74, 6) is -0.976. The van der Waals surface area contributed by atoms with Gasteiger partial charge in [-0.2, -0.15) is 0 Å². The number of unbranched alkanes of at least 4 members (excludes halogenated alkanes) is 1. The summed E-state index contributed by atoms with van der Waals surface area (Å²) in [5, 5.41) is 11.3. The van der Waals surface area contributed by atoms with Crippen molar-refractivity contribution in [3.8, 4) is 0 Å². The number of rotatable bonds is 7. The van der Waals surface area contributed by atoms with Crippen molar-refractivity contribution in [3.63, 3.8) is 0 Å². The fourth-order valence-electron chi connectivity index (χ4n) is 1.05. The van der Waals surface area contributed by atoms with E-state index in [1.807, 2.05) is 6.92 Å². The molecule has 0 aliphatic carbocycles. The van der Waals surface area contributed by atoms with Gasteiger partial charge in [-0.1, -0.05) is 20.3 Å². The van der Waals surface area contributed by atoms with E-state index < -0.39 is 5.97 Å². The highest BCUT2D eigenvalue weighted by Crippen LogP contribution is 2.06. The highest BCUT2D eigenvalue weighted by molar-refractivity contribution is 5.75. The fourth-order valence-corrected chi connectivity index (χ4v) is 1.05. The first-order chi connectivity index (χ1) is 6.57. The maximum Gasteiger partial charge on any atom is 0.306 e.